The van der Waals surface area contributed by atoms with E-state index in [1.807, 2.05) is 13.8 Å². The highest BCUT2D eigenvalue weighted by atomic mass is 32.2. The van der Waals surface area contributed by atoms with Crippen LogP contribution in [0.15, 0.2) is 9.00 Å². The van der Waals surface area contributed by atoms with Crippen LogP contribution < -0.4 is 9.60 Å². The van der Waals surface area contributed by atoms with E-state index in [0.717, 1.165) is 0 Å². The van der Waals surface area contributed by atoms with Crippen molar-refractivity contribution in [3.05, 3.63) is 15.4 Å². The number of thiazole rings is 1. The Morgan fingerprint density at radius 2 is 2.06 bits per heavy atom. The van der Waals surface area contributed by atoms with Gasteiger partial charge in [0.2, 0.25) is 0 Å². The fourth-order valence-electron chi connectivity index (χ4n) is 1.44. The number of aromatic amines is 1. The van der Waals surface area contributed by atoms with Crippen LogP contribution in [0.5, 0.6) is 0 Å². The second-order valence-electron chi connectivity index (χ2n) is 4.35. The van der Waals surface area contributed by atoms with Crippen LogP contribution >= 0.6 is 11.3 Å². The number of sulfonamides is 1. The maximum absolute atomic E-state index is 12.1. The Balaban J connectivity index is 3.00. The molecular weight excluding hydrogens is 276 g/mol. The molecule has 0 amide bonds. The first-order valence-corrected chi connectivity index (χ1v) is 7.79. The number of methoxy groups -OCH3 is 1. The third kappa shape index (κ3) is 3.64. The summed E-state index contributed by atoms with van der Waals surface area (Å²) in [5.41, 5.74) is 0.359. The van der Waals surface area contributed by atoms with Gasteiger partial charge in [-0.3, -0.25) is 4.79 Å². The first-order valence-electron chi connectivity index (χ1n) is 5.49. The molecule has 0 bridgehead atoms. The lowest BCUT2D eigenvalue weighted by Gasteiger charge is -2.20. The average molecular weight is 294 g/mol. The van der Waals surface area contributed by atoms with E-state index in [2.05, 4.69) is 9.71 Å². The molecule has 2 N–H and O–H groups in total. The topological polar surface area (TPSA) is 88.3 Å². The molecule has 0 aromatic carbocycles. The zero-order valence-electron chi connectivity index (χ0n) is 10.8. The van der Waals surface area contributed by atoms with E-state index in [9.17, 15) is 13.2 Å². The van der Waals surface area contributed by atoms with Gasteiger partial charge in [-0.05, 0) is 12.8 Å². The second-order valence-corrected chi connectivity index (χ2v) is 7.25. The van der Waals surface area contributed by atoms with Crippen LogP contribution in [0.2, 0.25) is 0 Å². The molecule has 1 rings (SSSR count). The normalized spacial score (nSPS) is 14.1. The maximum Gasteiger partial charge on any atom is 0.305 e. The van der Waals surface area contributed by atoms with Crippen molar-refractivity contribution in [3.63, 3.8) is 0 Å². The number of H-pyrrole nitrogens is 1. The number of aromatic nitrogens is 1. The number of rotatable bonds is 6. The maximum atomic E-state index is 12.1. The fourth-order valence-corrected chi connectivity index (χ4v) is 4.13. The van der Waals surface area contributed by atoms with Gasteiger partial charge < -0.3 is 9.72 Å². The minimum Gasteiger partial charge on any atom is -0.383 e. The highest BCUT2D eigenvalue weighted by Gasteiger charge is 2.25. The minimum absolute atomic E-state index is 0.0363. The van der Waals surface area contributed by atoms with E-state index in [-0.39, 0.29) is 27.6 Å². The molecule has 0 fully saturated rings. The summed E-state index contributed by atoms with van der Waals surface area (Å²) in [7, 11) is -2.16. The molecule has 1 aromatic rings. The first-order chi connectivity index (χ1) is 8.27. The first kappa shape index (κ1) is 15.4. The van der Waals surface area contributed by atoms with E-state index < -0.39 is 10.0 Å². The summed E-state index contributed by atoms with van der Waals surface area (Å²) in [6.45, 7) is 5.65. The van der Waals surface area contributed by atoms with Crippen molar-refractivity contribution in [1.82, 2.24) is 9.71 Å². The zero-order chi connectivity index (χ0) is 13.9. The molecule has 0 spiro atoms. The quantitative estimate of drug-likeness (QED) is 0.808. The standard InChI is InChI=1S/C10H18N2O4S2/c1-6(2)8(5-16-4)12-18(14,15)9-7(3)11-10(13)17-9/h6,8,12H,5H2,1-4H3,(H,11,13). The molecule has 1 aromatic heterocycles. The molecule has 0 radical (unpaired) electrons. The van der Waals surface area contributed by atoms with Gasteiger partial charge >= 0.3 is 4.87 Å². The molecule has 1 heterocycles. The molecule has 8 heteroatoms. The van der Waals surface area contributed by atoms with Crippen molar-refractivity contribution in [1.29, 1.82) is 0 Å². The second kappa shape index (κ2) is 5.96. The van der Waals surface area contributed by atoms with Crippen LogP contribution in [-0.4, -0.2) is 33.2 Å². The summed E-state index contributed by atoms with van der Waals surface area (Å²) in [5, 5.41) is 0. The minimum atomic E-state index is -3.68. The number of aryl methyl sites for hydroxylation is 1. The van der Waals surface area contributed by atoms with Crippen LogP contribution in [0.3, 0.4) is 0 Å². The fraction of sp³-hybridized carbons (Fsp3) is 0.700. The molecule has 0 aliphatic carbocycles. The number of ether oxygens (including phenoxy) is 1. The zero-order valence-corrected chi connectivity index (χ0v) is 12.4. The molecule has 6 nitrogen and oxygen atoms in total. The van der Waals surface area contributed by atoms with Crippen molar-refractivity contribution in [2.45, 2.75) is 31.0 Å². The van der Waals surface area contributed by atoms with Gasteiger partial charge in [0.1, 0.15) is 0 Å². The van der Waals surface area contributed by atoms with E-state index in [1.54, 1.807) is 6.92 Å². The lowest BCUT2D eigenvalue weighted by molar-refractivity contribution is 0.157. The van der Waals surface area contributed by atoms with Crippen LogP contribution in [0, 0.1) is 12.8 Å². The molecule has 104 valence electrons. The molecule has 0 saturated carbocycles. The van der Waals surface area contributed by atoms with Crippen molar-refractivity contribution in [3.8, 4) is 0 Å². The van der Waals surface area contributed by atoms with E-state index in [0.29, 0.717) is 17.0 Å². The Kier molecular flexibility index (Phi) is 5.09. The highest BCUT2D eigenvalue weighted by Crippen LogP contribution is 2.17. The lowest BCUT2D eigenvalue weighted by Crippen LogP contribution is -2.41. The van der Waals surface area contributed by atoms with Gasteiger partial charge in [-0.15, -0.1) is 0 Å². The van der Waals surface area contributed by atoms with Gasteiger partial charge in [0, 0.05) is 18.8 Å². The SMILES string of the molecule is COCC(NS(=O)(=O)c1sc(=O)[nH]c1C)C(C)C. The van der Waals surface area contributed by atoms with Crippen molar-refractivity contribution in [2.24, 2.45) is 5.92 Å². The number of hydrogen-bond acceptors (Lipinski definition) is 5. The Morgan fingerprint density at radius 1 is 1.44 bits per heavy atom. The van der Waals surface area contributed by atoms with Crippen LogP contribution in [0.4, 0.5) is 0 Å². The molecule has 1 unspecified atom stereocenters. The molecule has 1 atom stereocenters. The molecule has 0 aliphatic heterocycles. The summed E-state index contributed by atoms with van der Waals surface area (Å²) in [6.07, 6.45) is 0. The third-order valence-electron chi connectivity index (χ3n) is 2.48. The molecule has 0 aliphatic rings. The third-order valence-corrected chi connectivity index (χ3v) is 5.58. The summed E-state index contributed by atoms with van der Waals surface area (Å²) in [6, 6.07) is -0.323. The highest BCUT2D eigenvalue weighted by molar-refractivity contribution is 7.91. The van der Waals surface area contributed by atoms with Gasteiger partial charge in [-0.2, -0.15) is 0 Å². The Hall–Kier alpha value is -0.700. The lowest BCUT2D eigenvalue weighted by atomic mass is 10.1. The van der Waals surface area contributed by atoms with E-state index in [4.69, 9.17) is 4.74 Å². The largest absolute Gasteiger partial charge is 0.383 e. The van der Waals surface area contributed by atoms with Crippen LogP contribution in [0.25, 0.3) is 0 Å². The summed E-state index contributed by atoms with van der Waals surface area (Å²) in [5.74, 6) is 0.0932. The summed E-state index contributed by atoms with van der Waals surface area (Å²) < 4.78 is 31.9. The summed E-state index contributed by atoms with van der Waals surface area (Å²) >= 11 is 0.691. The van der Waals surface area contributed by atoms with Gasteiger partial charge in [0.15, 0.2) is 4.21 Å². The number of nitrogens with one attached hydrogen (secondary N) is 2. The Morgan fingerprint density at radius 3 is 2.44 bits per heavy atom. The molecular formula is C10H18N2O4S2. The smallest absolute Gasteiger partial charge is 0.305 e. The summed E-state index contributed by atoms with van der Waals surface area (Å²) in [4.78, 5) is 13.2. The van der Waals surface area contributed by atoms with Crippen molar-refractivity contribution >= 4 is 21.4 Å². The molecule has 18 heavy (non-hydrogen) atoms. The Labute approximate surface area is 110 Å². The van der Waals surface area contributed by atoms with Gasteiger partial charge in [0.25, 0.3) is 10.0 Å². The van der Waals surface area contributed by atoms with E-state index >= 15 is 0 Å². The number of hydrogen-bond donors (Lipinski definition) is 2. The van der Waals surface area contributed by atoms with Gasteiger partial charge in [0.05, 0.1) is 6.61 Å². The van der Waals surface area contributed by atoms with Crippen molar-refractivity contribution < 1.29 is 13.2 Å². The van der Waals surface area contributed by atoms with Crippen LogP contribution in [0.1, 0.15) is 19.5 Å². The average Bonchev–Trinajstić information content (AvgIpc) is 2.57. The predicted molar refractivity (Wildman–Crippen MR) is 70.5 cm³/mol. The predicted octanol–water partition coefficient (Wildman–Crippen LogP) is 0.694. The Bertz CT molecular complexity index is 544. The van der Waals surface area contributed by atoms with Crippen LogP contribution in [-0.2, 0) is 14.8 Å². The van der Waals surface area contributed by atoms with E-state index in [1.165, 1.54) is 7.11 Å². The van der Waals surface area contributed by atoms with Crippen molar-refractivity contribution in [2.75, 3.05) is 13.7 Å². The van der Waals surface area contributed by atoms with Gasteiger partial charge in [-0.1, -0.05) is 25.2 Å². The monoisotopic (exact) mass is 294 g/mol. The van der Waals surface area contributed by atoms with Gasteiger partial charge in [-0.25, -0.2) is 13.1 Å². The molecule has 0 saturated heterocycles.